The number of carbonyl (C=O) groups excluding carboxylic acids is 1. The number of carbonyl (C=O) groups is 1. The molecule has 30 heavy (non-hydrogen) atoms. The molecule has 4 atom stereocenters. The first-order valence-electron chi connectivity index (χ1n) is 10.9. The highest BCUT2D eigenvalue weighted by Gasteiger charge is 2.44. The number of fused-ring (bicyclic) bond motifs is 2. The number of rotatable bonds is 2. The molecule has 5 rings (SSSR count). The number of hydrogen-bond donors (Lipinski definition) is 0. The fourth-order valence-corrected chi connectivity index (χ4v) is 6.04. The van der Waals surface area contributed by atoms with Gasteiger partial charge in [0.2, 0.25) is 5.91 Å². The fraction of sp³-hybridized carbons (Fsp3) is 0.522. The van der Waals surface area contributed by atoms with E-state index in [-0.39, 0.29) is 11.9 Å². The summed E-state index contributed by atoms with van der Waals surface area (Å²) in [6.45, 7) is 2.77. The van der Waals surface area contributed by atoms with Crippen LogP contribution in [0.1, 0.15) is 57.1 Å². The predicted octanol–water partition coefficient (Wildman–Crippen LogP) is 5.68. The van der Waals surface area contributed by atoms with Crippen LogP contribution >= 0.6 is 23.2 Å². The van der Waals surface area contributed by atoms with Crippen molar-refractivity contribution in [2.45, 2.75) is 57.5 Å². The van der Waals surface area contributed by atoms with Crippen molar-refractivity contribution in [1.29, 1.82) is 0 Å². The lowest BCUT2D eigenvalue weighted by Gasteiger charge is -2.46. The Morgan fingerprint density at radius 3 is 2.77 bits per heavy atom. The van der Waals surface area contributed by atoms with Crippen LogP contribution in [0.5, 0.6) is 0 Å². The minimum Gasteiger partial charge on any atom is -0.339 e. The van der Waals surface area contributed by atoms with Gasteiger partial charge in [-0.2, -0.15) is 5.10 Å². The van der Waals surface area contributed by atoms with Crippen LogP contribution in [0, 0.1) is 11.8 Å². The lowest BCUT2D eigenvalue weighted by atomic mass is 9.77. The van der Waals surface area contributed by atoms with Crippen molar-refractivity contribution in [1.82, 2.24) is 14.7 Å². The van der Waals surface area contributed by atoms with Crippen molar-refractivity contribution in [3.05, 3.63) is 46.1 Å². The molecule has 158 valence electrons. The quantitative estimate of drug-likeness (QED) is 0.597. The third-order valence-corrected chi connectivity index (χ3v) is 7.52. The molecule has 0 radical (unpaired) electrons. The van der Waals surface area contributed by atoms with E-state index in [1.807, 2.05) is 31.2 Å². The minimum absolute atomic E-state index is 0.162. The first kappa shape index (κ1) is 20.1. The first-order valence-corrected chi connectivity index (χ1v) is 11.6. The maximum Gasteiger partial charge on any atom is 0.234 e. The molecular formula is C23H26Cl2N4O. The van der Waals surface area contributed by atoms with Gasteiger partial charge >= 0.3 is 0 Å². The Hall–Kier alpha value is -1.85. The van der Waals surface area contributed by atoms with E-state index in [1.54, 1.807) is 10.9 Å². The molecule has 1 aromatic heterocycles. The molecule has 3 aliphatic rings. The molecule has 0 bridgehead atoms. The normalized spacial score (nSPS) is 28.5. The zero-order chi connectivity index (χ0) is 20.8. The third-order valence-electron chi connectivity index (χ3n) is 7.02. The Morgan fingerprint density at radius 2 is 1.93 bits per heavy atom. The van der Waals surface area contributed by atoms with Crippen LogP contribution in [0.2, 0.25) is 10.0 Å². The van der Waals surface area contributed by atoms with Crippen LogP contribution in [0.4, 0.5) is 5.82 Å². The SMILES string of the molecule is CC1=Nc2c(Cl)cnn2C(c2cccc(Cl)c2)C1C(=O)N1CCCC2CCCCC21. The van der Waals surface area contributed by atoms with Gasteiger partial charge in [-0.25, -0.2) is 9.67 Å². The van der Waals surface area contributed by atoms with Crippen LogP contribution < -0.4 is 0 Å². The maximum absolute atomic E-state index is 14.0. The van der Waals surface area contributed by atoms with Gasteiger partial charge in [0.05, 0.1) is 12.2 Å². The van der Waals surface area contributed by atoms with Crippen molar-refractivity contribution in [3.8, 4) is 0 Å². The second kappa shape index (κ2) is 8.01. The van der Waals surface area contributed by atoms with E-state index in [2.05, 4.69) is 10.00 Å². The van der Waals surface area contributed by atoms with Gasteiger partial charge < -0.3 is 4.90 Å². The average Bonchev–Trinajstić information content (AvgIpc) is 3.12. The summed E-state index contributed by atoms with van der Waals surface area (Å²) >= 11 is 12.7. The van der Waals surface area contributed by atoms with Crippen LogP contribution in [-0.4, -0.2) is 38.9 Å². The van der Waals surface area contributed by atoms with E-state index >= 15 is 0 Å². The number of likely N-dealkylation sites (tertiary alicyclic amines) is 1. The molecule has 1 aromatic carbocycles. The lowest BCUT2D eigenvalue weighted by molar-refractivity contribution is -0.140. The topological polar surface area (TPSA) is 50.5 Å². The van der Waals surface area contributed by atoms with Gasteiger partial charge in [-0.15, -0.1) is 0 Å². The molecule has 1 saturated carbocycles. The highest BCUT2D eigenvalue weighted by atomic mass is 35.5. The smallest absolute Gasteiger partial charge is 0.234 e. The fourth-order valence-electron chi connectivity index (χ4n) is 5.66. The number of hydrogen-bond acceptors (Lipinski definition) is 3. The van der Waals surface area contributed by atoms with E-state index in [0.29, 0.717) is 27.8 Å². The Kier molecular flexibility index (Phi) is 5.36. The lowest BCUT2D eigenvalue weighted by Crippen LogP contribution is -2.54. The Labute approximate surface area is 187 Å². The van der Waals surface area contributed by atoms with Crippen molar-refractivity contribution < 1.29 is 4.79 Å². The summed E-state index contributed by atoms with van der Waals surface area (Å²) in [7, 11) is 0. The summed E-state index contributed by atoms with van der Waals surface area (Å²) in [5, 5.41) is 5.64. The molecule has 1 amide bonds. The van der Waals surface area contributed by atoms with Crippen molar-refractivity contribution in [2.24, 2.45) is 16.8 Å². The Balaban J connectivity index is 1.57. The van der Waals surface area contributed by atoms with Gasteiger partial charge in [-0.1, -0.05) is 48.2 Å². The molecule has 4 unspecified atom stereocenters. The third kappa shape index (κ3) is 3.36. The van der Waals surface area contributed by atoms with Crippen molar-refractivity contribution in [3.63, 3.8) is 0 Å². The first-order chi connectivity index (χ1) is 14.5. The largest absolute Gasteiger partial charge is 0.339 e. The van der Waals surface area contributed by atoms with Gasteiger partial charge in [0.15, 0.2) is 5.82 Å². The standard InChI is InChI=1S/C23H26Cl2N4O/c1-14-20(23(30)28-11-5-8-15-6-2-3-10-19(15)28)21(16-7-4-9-17(24)12-16)29-22(27-14)18(25)13-26-29/h4,7,9,12-13,15,19-21H,2-3,5-6,8,10-11H2,1H3. The van der Waals surface area contributed by atoms with E-state index in [9.17, 15) is 4.79 Å². The second-order valence-corrected chi connectivity index (χ2v) is 9.62. The van der Waals surface area contributed by atoms with E-state index in [0.717, 1.165) is 30.7 Å². The van der Waals surface area contributed by atoms with Gasteiger partial charge in [0.1, 0.15) is 10.9 Å². The maximum atomic E-state index is 14.0. The summed E-state index contributed by atoms with van der Waals surface area (Å²) in [5.74, 6) is 0.997. The number of amides is 1. The molecular weight excluding hydrogens is 419 g/mol. The average molecular weight is 445 g/mol. The molecule has 2 fully saturated rings. The molecule has 3 heterocycles. The number of halogens is 2. The molecule has 2 aromatic rings. The van der Waals surface area contributed by atoms with Gasteiger partial charge in [0.25, 0.3) is 0 Å². The number of nitrogens with zero attached hydrogens (tertiary/aromatic N) is 4. The number of benzene rings is 1. The predicted molar refractivity (Wildman–Crippen MR) is 120 cm³/mol. The number of aliphatic imine (C=N–C) groups is 1. The van der Waals surface area contributed by atoms with Crippen molar-refractivity contribution in [2.75, 3.05) is 6.54 Å². The summed E-state index contributed by atoms with van der Waals surface area (Å²) in [6, 6.07) is 7.75. The van der Waals surface area contributed by atoms with Gasteiger partial charge in [-0.3, -0.25) is 4.79 Å². The zero-order valence-electron chi connectivity index (χ0n) is 17.1. The van der Waals surface area contributed by atoms with E-state index in [4.69, 9.17) is 28.2 Å². The molecule has 7 heteroatoms. The van der Waals surface area contributed by atoms with Crippen LogP contribution in [-0.2, 0) is 4.79 Å². The molecule has 0 spiro atoms. The molecule has 1 aliphatic carbocycles. The Morgan fingerprint density at radius 1 is 1.13 bits per heavy atom. The second-order valence-electron chi connectivity index (χ2n) is 8.78. The molecule has 2 aliphatic heterocycles. The summed E-state index contributed by atoms with van der Waals surface area (Å²) in [6.07, 6.45) is 8.77. The minimum atomic E-state index is -0.410. The molecule has 5 nitrogen and oxygen atoms in total. The van der Waals surface area contributed by atoms with E-state index < -0.39 is 5.92 Å². The van der Waals surface area contributed by atoms with Crippen LogP contribution in [0.25, 0.3) is 0 Å². The zero-order valence-corrected chi connectivity index (χ0v) is 18.6. The molecule has 1 saturated heterocycles. The van der Waals surface area contributed by atoms with Crippen LogP contribution in [0.15, 0.2) is 35.5 Å². The van der Waals surface area contributed by atoms with Gasteiger partial charge in [0, 0.05) is 23.3 Å². The number of piperidine rings is 1. The molecule has 0 N–H and O–H groups in total. The highest BCUT2D eigenvalue weighted by Crippen LogP contribution is 2.43. The highest BCUT2D eigenvalue weighted by molar-refractivity contribution is 6.33. The number of aromatic nitrogens is 2. The monoisotopic (exact) mass is 444 g/mol. The van der Waals surface area contributed by atoms with Gasteiger partial charge in [-0.05, 0) is 56.2 Å². The summed E-state index contributed by atoms with van der Waals surface area (Å²) < 4.78 is 1.80. The summed E-state index contributed by atoms with van der Waals surface area (Å²) in [5.41, 5.74) is 1.74. The van der Waals surface area contributed by atoms with Crippen molar-refractivity contribution >= 4 is 40.6 Å². The van der Waals surface area contributed by atoms with Crippen LogP contribution in [0.3, 0.4) is 0 Å². The van der Waals surface area contributed by atoms with E-state index in [1.165, 1.54) is 25.7 Å². The summed E-state index contributed by atoms with van der Waals surface area (Å²) in [4.78, 5) is 20.9. The Bertz CT molecular complexity index is 999.